The number of anilines is 1. The van der Waals surface area contributed by atoms with E-state index < -0.39 is 0 Å². The number of hydrogen-bond acceptors (Lipinski definition) is 5. The number of aryl methyl sites for hydroxylation is 1. The van der Waals surface area contributed by atoms with Crippen molar-refractivity contribution in [1.82, 2.24) is 9.36 Å². The third kappa shape index (κ3) is 2.26. The maximum absolute atomic E-state index is 6.40. The molecule has 1 aromatic rings. The van der Waals surface area contributed by atoms with Crippen molar-refractivity contribution in [3.8, 4) is 0 Å². The Balaban J connectivity index is 1.86. The summed E-state index contributed by atoms with van der Waals surface area (Å²) in [5.74, 6) is 0.875. The Morgan fingerprint density at radius 2 is 1.94 bits per heavy atom. The molecule has 0 unspecified atom stereocenters. The van der Waals surface area contributed by atoms with Crippen LogP contribution in [0.3, 0.4) is 0 Å². The molecule has 1 aliphatic carbocycles. The lowest BCUT2D eigenvalue weighted by Crippen LogP contribution is -2.58. The predicted molar refractivity (Wildman–Crippen MR) is 73.2 cm³/mol. The molecular formula is C13H21N3OS. The average Bonchev–Trinajstić information content (AvgIpc) is 2.86. The van der Waals surface area contributed by atoms with E-state index >= 15 is 0 Å². The second-order valence-corrected chi connectivity index (χ2v) is 6.96. The van der Waals surface area contributed by atoms with E-state index in [4.69, 9.17) is 4.74 Å². The number of rotatable bonds is 1. The van der Waals surface area contributed by atoms with Gasteiger partial charge in [-0.15, -0.1) is 0 Å². The molecule has 0 amide bonds. The zero-order valence-electron chi connectivity index (χ0n) is 11.4. The van der Waals surface area contributed by atoms with Crippen molar-refractivity contribution in [2.24, 2.45) is 0 Å². The van der Waals surface area contributed by atoms with Crippen LogP contribution in [0.2, 0.25) is 0 Å². The summed E-state index contributed by atoms with van der Waals surface area (Å²) < 4.78 is 10.7. The predicted octanol–water partition coefficient (Wildman–Crippen LogP) is 2.77. The Labute approximate surface area is 113 Å². The first kappa shape index (κ1) is 12.4. The molecule has 100 valence electrons. The number of morpholine rings is 1. The SMILES string of the molecule is Cc1nsc(N2CC(C)(C)OC3(CCCC3)C2)n1. The van der Waals surface area contributed by atoms with Crippen LogP contribution in [0.4, 0.5) is 5.13 Å². The highest BCUT2D eigenvalue weighted by Gasteiger charge is 2.46. The fraction of sp³-hybridized carbons (Fsp3) is 0.846. The van der Waals surface area contributed by atoms with Crippen LogP contribution in [-0.2, 0) is 4.74 Å². The summed E-state index contributed by atoms with van der Waals surface area (Å²) in [6, 6.07) is 0. The first-order valence-corrected chi connectivity index (χ1v) is 7.51. The molecule has 5 heteroatoms. The third-order valence-corrected chi connectivity index (χ3v) is 4.71. The van der Waals surface area contributed by atoms with Crippen LogP contribution < -0.4 is 4.90 Å². The van der Waals surface area contributed by atoms with E-state index in [-0.39, 0.29) is 11.2 Å². The van der Waals surface area contributed by atoms with Crippen molar-refractivity contribution in [2.45, 2.75) is 57.7 Å². The molecule has 1 aromatic heterocycles. The number of ether oxygens (including phenoxy) is 1. The standard InChI is InChI=1S/C13H21N3OS/c1-10-14-11(18-15-10)16-8-12(2,3)17-13(9-16)6-4-5-7-13/h4-9H2,1-3H3. The van der Waals surface area contributed by atoms with Gasteiger partial charge in [0.25, 0.3) is 0 Å². The van der Waals surface area contributed by atoms with Gasteiger partial charge in [-0.05, 0) is 33.6 Å². The van der Waals surface area contributed by atoms with Crippen LogP contribution in [0.15, 0.2) is 0 Å². The molecular weight excluding hydrogens is 246 g/mol. The van der Waals surface area contributed by atoms with E-state index in [9.17, 15) is 0 Å². The highest BCUT2D eigenvalue weighted by Crippen LogP contribution is 2.41. The molecule has 0 N–H and O–H groups in total. The summed E-state index contributed by atoms with van der Waals surface area (Å²) in [7, 11) is 0. The van der Waals surface area contributed by atoms with Gasteiger partial charge in [-0.2, -0.15) is 4.37 Å². The maximum atomic E-state index is 6.40. The first-order valence-electron chi connectivity index (χ1n) is 6.74. The van der Waals surface area contributed by atoms with E-state index in [0.29, 0.717) is 0 Å². The molecule has 1 saturated heterocycles. The molecule has 2 aliphatic rings. The quantitative estimate of drug-likeness (QED) is 0.784. The zero-order valence-corrected chi connectivity index (χ0v) is 12.2. The van der Waals surface area contributed by atoms with Gasteiger partial charge in [0.15, 0.2) is 0 Å². The fourth-order valence-electron chi connectivity index (χ4n) is 3.34. The Morgan fingerprint density at radius 1 is 1.22 bits per heavy atom. The summed E-state index contributed by atoms with van der Waals surface area (Å²) in [5, 5.41) is 1.05. The summed E-state index contributed by atoms with van der Waals surface area (Å²) >= 11 is 1.51. The molecule has 0 bridgehead atoms. The maximum Gasteiger partial charge on any atom is 0.205 e. The normalized spacial score (nSPS) is 25.8. The van der Waals surface area contributed by atoms with Crippen LogP contribution >= 0.6 is 11.5 Å². The molecule has 1 saturated carbocycles. The molecule has 0 aromatic carbocycles. The topological polar surface area (TPSA) is 38.2 Å². The zero-order chi connectivity index (χ0) is 12.8. The third-order valence-electron chi connectivity index (χ3n) is 3.85. The van der Waals surface area contributed by atoms with Gasteiger partial charge in [-0.1, -0.05) is 12.8 Å². The molecule has 3 rings (SSSR count). The molecule has 2 heterocycles. The Bertz CT molecular complexity index is 437. The van der Waals surface area contributed by atoms with Crippen LogP contribution in [0.5, 0.6) is 0 Å². The highest BCUT2D eigenvalue weighted by atomic mass is 32.1. The lowest BCUT2D eigenvalue weighted by atomic mass is 9.94. The van der Waals surface area contributed by atoms with Gasteiger partial charge < -0.3 is 9.64 Å². The molecule has 4 nitrogen and oxygen atoms in total. The van der Waals surface area contributed by atoms with Crippen LogP contribution in [-0.4, -0.2) is 33.6 Å². The molecule has 1 spiro atoms. The second-order valence-electron chi connectivity index (χ2n) is 6.23. The molecule has 2 fully saturated rings. The minimum Gasteiger partial charge on any atom is -0.365 e. The minimum absolute atomic E-state index is 0.0569. The molecule has 0 atom stereocenters. The van der Waals surface area contributed by atoms with E-state index in [1.54, 1.807) is 0 Å². The Morgan fingerprint density at radius 3 is 2.56 bits per heavy atom. The van der Waals surface area contributed by atoms with Gasteiger partial charge in [0, 0.05) is 24.6 Å². The smallest absolute Gasteiger partial charge is 0.205 e. The Hall–Kier alpha value is -0.680. The van der Waals surface area contributed by atoms with Crippen molar-refractivity contribution < 1.29 is 4.74 Å². The van der Waals surface area contributed by atoms with Gasteiger partial charge in [0.2, 0.25) is 5.13 Å². The van der Waals surface area contributed by atoms with Crippen LogP contribution in [0.25, 0.3) is 0 Å². The molecule has 18 heavy (non-hydrogen) atoms. The monoisotopic (exact) mass is 267 g/mol. The lowest BCUT2D eigenvalue weighted by Gasteiger charge is -2.48. The highest BCUT2D eigenvalue weighted by molar-refractivity contribution is 7.09. The van der Waals surface area contributed by atoms with E-state index in [2.05, 4.69) is 28.1 Å². The summed E-state index contributed by atoms with van der Waals surface area (Å²) in [5.41, 5.74) is -0.0382. The Kier molecular flexibility index (Phi) is 2.86. The van der Waals surface area contributed by atoms with Crippen molar-refractivity contribution in [3.63, 3.8) is 0 Å². The van der Waals surface area contributed by atoms with Crippen molar-refractivity contribution in [2.75, 3.05) is 18.0 Å². The van der Waals surface area contributed by atoms with Gasteiger partial charge in [0.05, 0.1) is 11.2 Å². The average molecular weight is 267 g/mol. The van der Waals surface area contributed by atoms with Gasteiger partial charge in [-0.3, -0.25) is 0 Å². The van der Waals surface area contributed by atoms with Gasteiger partial charge in [0.1, 0.15) is 5.82 Å². The number of nitrogens with zero attached hydrogens (tertiary/aromatic N) is 3. The number of aromatic nitrogens is 2. The summed E-state index contributed by atoms with van der Waals surface area (Å²) in [4.78, 5) is 6.91. The van der Waals surface area contributed by atoms with Crippen LogP contribution in [0.1, 0.15) is 45.4 Å². The summed E-state index contributed by atoms with van der Waals surface area (Å²) in [6.07, 6.45) is 4.95. The minimum atomic E-state index is -0.0951. The fourth-order valence-corrected chi connectivity index (χ4v) is 4.02. The van der Waals surface area contributed by atoms with E-state index in [0.717, 1.165) is 24.0 Å². The molecule has 0 radical (unpaired) electrons. The number of hydrogen-bond donors (Lipinski definition) is 0. The second kappa shape index (κ2) is 4.17. The summed E-state index contributed by atoms with van der Waals surface area (Å²) in [6.45, 7) is 8.21. The van der Waals surface area contributed by atoms with Gasteiger partial charge >= 0.3 is 0 Å². The van der Waals surface area contributed by atoms with Gasteiger partial charge in [-0.25, -0.2) is 4.98 Å². The van der Waals surface area contributed by atoms with Crippen LogP contribution in [0, 0.1) is 6.92 Å². The molecule has 1 aliphatic heterocycles. The van der Waals surface area contributed by atoms with Crippen molar-refractivity contribution in [1.29, 1.82) is 0 Å². The largest absolute Gasteiger partial charge is 0.365 e. The van der Waals surface area contributed by atoms with E-state index in [1.807, 2.05) is 6.92 Å². The lowest BCUT2D eigenvalue weighted by molar-refractivity contribution is -0.148. The van der Waals surface area contributed by atoms with E-state index in [1.165, 1.54) is 37.2 Å². The van der Waals surface area contributed by atoms with Crippen molar-refractivity contribution in [3.05, 3.63) is 5.82 Å². The van der Waals surface area contributed by atoms with Crippen molar-refractivity contribution >= 4 is 16.7 Å². The first-order chi connectivity index (χ1) is 8.48.